The number of nitrogens with one attached hydrogen (secondary N) is 1. The van der Waals surface area contributed by atoms with Crippen molar-refractivity contribution in [3.8, 4) is 0 Å². The van der Waals surface area contributed by atoms with Gasteiger partial charge in [-0.3, -0.25) is 0 Å². The van der Waals surface area contributed by atoms with Gasteiger partial charge in [0.25, 0.3) is 0 Å². The maximum absolute atomic E-state index is 4.67. The van der Waals surface area contributed by atoms with Crippen molar-refractivity contribution >= 4 is 16.5 Å². The third-order valence-electron chi connectivity index (χ3n) is 3.94. The van der Waals surface area contributed by atoms with Gasteiger partial charge in [0.05, 0.1) is 0 Å². The summed E-state index contributed by atoms with van der Waals surface area (Å²) in [5.41, 5.74) is 0. The van der Waals surface area contributed by atoms with Gasteiger partial charge in [0.2, 0.25) is 0 Å². The number of aromatic nitrogens is 1. The van der Waals surface area contributed by atoms with E-state index in [2.05, 4.69) is 42.2 Å². The summed E-state index contributed by atoms with van der Waals surface area (Å²) in [5.74, 6) is 0. The molecule has 1 saturated heterocycles. The Morgan fingerprint density at radius 3 is 3.11 bits per heavy atom. The fraction of sp³-hybridized carbons (Fsp3) is 0.800. The molecule has 0 amide bonds. The maximum Gasteiger partial charge on any atom is 0.185 e. The van der Waals surface area contributed by atoms with Crippen LogP contribution in [0.1, 0.15) is 63.8 Å². The number of nitrogens with zero attached hydrogens (tertiary/aromatic N) is 2. The molecule has 0 aliphatic carbocycles. The lowest BCUT2D eigenvalue weighted by Gasteiger charge is -2.26. The predicted molar refractivity (Wildman–Crippen MR) is 84.1 cm³/mol. The second kappa shape index (κ2) is 7.25. The average molecular weight is 281 g/mol. The standard InChI is InChI=1S/C15H27N3S/c1-4-9-16-13(3)14-11-17-15(19-14)18-10-7-5-6-8-12(18)2/h11-13,16H,4-10H2,1-3H3. The molecule has 2 heterocycles. The highest BCUT2D eigenvalue weighted by Gasteiger charge is 2.20. The summed E-state index contributed by atoms with van der Waals surface area (Å²) in [6.07, 6.45) is 8.59. The van der Waals surface area contributed by atoms with E-state index in [0.29, 0.717) is 12.1 Å². The van der Waals surface area contributed by atoms with E-state index in [1.54, 1.807) is 0 Å². The van der Waals surface area contributed by atoms with E-state index in [1.165, 1.54) is 48.7 Å². The van der Waals surface area contributed by atoms with Crippen molar-refractivity contribution in [3.05, 3.63) is 11.1 Å². The Kier molecular flexibility index (Phi) is 5.64. The van der Waals surface area contributed by atoms with Crippen LogP contribution in [0.25, 0.3) is 0 Å². The first kappa shape index (κ1) is 14.8. The van der Waals surface area contributed by atoms with Gasteiger partial charge in [-0.15, -0.1) is 11.3 Å². The minimum absolute atomic E-state index is 0.425. The summed E-state index contributed by atoms with van der Waals surface area (Å²) >= 11 is 1.86. The lowest BCUT2D eigenvalue weighted by molar-refractivity contribution is 0.577. The van der Waals surface area contributed by atoms with Gasteiger partial charge < -0.3 is 10.2 Å². The summed E-state index contributed by atoms with van der Waals surface area (Å²) < 4.78 is 0. The highest BCUT2D eigenvalue weighted by Crippen LogP contribution is 2.30. The first-order valence-electron chi connectivity index (χ1n) is 7.68. The Hall–Kier alpha value is -0.610. The Morgan fingerprint density at radius 1 is 1.47 bits per heavy atom. The van der Waals surface area contributed by atoms with Gasteiger partial charge in [-0.05, 0) is 39.7 Å². The number of hydrogen-bond acceptors (Lipinski definition) is 4. The van der Waals surface area contributed by atoms with Crippen molar-refractivity contribution in [1.29, 1.82) is 0 Å². The molecule has 2 unspecified atom stereocenters. The minimum Gasteiger partial charge on any atom is -0.345 e. The topological polar surface area (TPSA) is 28.2 Å². The van der Waals surface area contributed by atoms with E-state index in [9.17, 15) is 0 Å². The smallest absolute Gasteiger partial charge is 0.185 e. The van der Waals surface area contributed by atoms with Gasteiger partial charge in [0, 0.05) is 29.7 Å². The summed E-state index contributed by atoms with van der Waals surface area (Å²) in [4.78, 5) is 8.53. The fourth-order valence-electron chi connectivity index (χ4n) is 2.63. The molecule has 1 aromatic heterocycles. The SMILES string of the molecule is CCCNC(C)c1cnc(N2CCCCCC2C)s1. The zero-order valence-corrected chi connectivity index (χ0v) is 13.3. The van der Waals surface area contributed by atoms with E-state index in [4.69, 9.17) is 0 Å². The summed E-state index contributed by atoms with van der Waals surface area (Å²) in [5, 5.41) is 4.76. The van der Waals surface area contributed by atoms with Gasteiger partial charge in [-0.25, -0.2) is 4.98 Å². The predicted octanol–water partition coefficient (Wildman–Crippen LogP) is 3.97. The first-order valence-corrected chi connectivity index (χ1v) is 8.49. The van der Waals surface area contributed by atoms with Crippen molar-refractivity contribution in [2.75, 3.05) is 18.0 Å². The molecule has 1 aliphatic heterocycles. The second-order valence-electron chi connectivity index (χ2n) is 5.61. The van der Waals surface area contributed by atoms with Crippen LogP contribution >= 0.6 is 11.3 Å². The van der Waals surface area contributed by atoms with Gasteiger partial charge in [0.15, 0.2) is 5.13 Å². The Bertz CT molecular complexity index is 377. The molecule has 1 N–H and O–H groups in total. The van der Waals surface area contributed by atoms with Crippen LogP contribution < -0.4 is 10.2 Å². The molecule has 1 aromatic rings. The van der Waals surface area contributed by atoms with Crippen LogP contribution in [0.2, 0.25) is 0 Å². The van der Waals surface area contributed by atoms with Crippen LogP contribution in [-0.4, -0.2) is 24.1 Å². The van der Waals surface area contributed by atoms with E-state index in [-0.39, 0.29) is 0 Å². The van der Waals surface area contributed by atoms with Crippen LogP contribution in [0.4, 0.5) is 5.13 Å². The molecule has 2 atom stereocenters. The molecule has 0 spiro atoms. The van der Waals surface area contributed by atoms with E-state index in [0.717, 1.165) is 6.54 Å². The lowest BCUT2D eigenvalue weighted by Crippen LogP contribution is -2.32. The summed E-state index contributed by atoms with van der Waals surface area (Å²) in [7, 11) is 0. The molecule has 108 valence electrons. The largest absolute Gasteiger partial charge is 0.345 e. The lowest BCUT2D eigenvalue weighted by atomic mass is 10.1. The molecule has 2 rings (SSSR count). The molecule has 4 heteroatoms. The van der Waals surface area contributed by atoms with Gasteiger partial charge >= 0.3 is 0 Å². The molecule has 0 radical (unpaired) electrons. The van der Waals surface area contributed by atoms with Crippen LogP contribution in [-0.2, 0) is 0 Å². The molecular formula is C15H27N3S. The minimum atomic E-state index is 0.425. The van der Waals surface area contributed by atoms with E-state index in [1.807, 2.05) is 11.3 Å². The quantitative estimate of drug-likeness (QED) is 0.885. The Labute approximate surface area is 121 Å². The van der Waals surface area contributed by atoms with Crippen molar-refractivity contribution < 1.29 is 0 Å². The van der Waals surface area contributed by atoms with Crippen molar-refractivity contribution in [1.82, 2.24) is 10.3 Å². The molecular weight excluding hydrogens is 254 g/mol. The third-order valence-corrected chi connectivity index (χ3v) is 5.15. The molecule has 0 bridgehead atoms. The van der Waals surface area contributed by atoms with Crippen molar-refractivity contribution in [2.24, 2.45) is 0 Å². The van der Waals surface area contributed by atoms with Crippen molar-refractivity contribution in [2.45, 2.75) is 65.0 Å². The van der Waals surface area contributed by atoms with Gasteiger partial charge in [-0.1, -0.05) is 19.8 Å². The number of anilines is 1. The molecule has 19 heavy (non-hydrogen) atoms. The second-order valence-corrected chi connectivity index (χ2v) is 6.65. The normalized spacial score (nSPS) is 22.3. The van der Waals surface area contributed by atoms with Gasteiger partial charge in [0.1, 0.15) is 0 Å². The highest BCUT2D eigenvalue weighted by atomic mass is 32.1. The number of thiazole rings is 1. The van der Waals surface area contributed by atoms with Gasteiger partial charge in [-0.2, -0.15) is 0 Å². The summed E-state index contributed by atoms with van der Waals surface area (Å²) in [6, 6.07) is 1.06. The highest BCUT2D eigenvalue weighted by molar-refractivity contribution is 7.15. The summed E-state index contributed by atoms with van der Waals surface area (Å²) in [6.45, 7) is 9.03. The average Bonchev–Trinajstić information content (AvgIpc) is 2.80. The van der Waals surface area contributed by atoms with E-state index < -0.39 is 0 Å². The maximum atomic E-state index is 4.67. The van der Waals surface area contributed by atoms with E-state index >= 15 is 0 Å². The monoisotopic (exact) mass is 281 g/mol. The zero-order chi connectivity index (χ0) is 13.7. The van der Waals surface area contributed by atoms with Crippen LogP contribution in [0.5, 0.6) is 0 Å². The molecule has 3 nitrogen and oxygen atoms in total. The third kappa shape index (κ3) is 3.93. The number of rotatable bonds is 5. The Balaban J connectivity index is 2.02. The zero-order valence-electron chi connectivity index (χ0n) is 12.5. The Morgan fingerprint density at radius 2 is 2.32 bits per heavy atom. The number of hydrogen-bond donors (Lipinski definition) is 1. The molecule has 0 aromatic carbocycles. The molecule has 1 aliphatic rings. The fourth-order valence-corrected chi connectivity index (χ4v) is 3.70. The first-order chi connectivity index (χ1) is 9.22. The van der Waals surface area contributed by atoms with Crippen LogP contribution in [0.3, 0.4) is 0 Å². The molecule has 0 saturated carbocycles. The molecule has 1 fully saturated rings. The van der Waals surface area contributed by atoms with Crippen molar-refractivity contribution in [3.63, 3.8) is 0 Å². The van der Waals surface area contributed by atoms with Crippen LogP contribution in [0.15, 0.2) is 6.20 Å². The van der Waals surface area contributed by atoms with Crippen LogP contribution in [0, 0.1) is 0 Å².